The second kappa shape index (κ2) is 4.19. The fourth-order valence-electron chi connectivity index (χ4n) is 1.09. The van der Waals surface area contributed by atoms with Gasteiger partial charge in [0.2, 0.25) is 0 Å². The highest BCUT2D eigenvalue weighted by Gasteiger charge is 2.22. The first-order chi connectivity index (χ1) is 6.54. The highest BCUT2D eigenvalue weighted by Crippen LogP contribution is 2.29. The number of alkyl halides is 1. The highest BCUT2D eigenvalue weighted by molar-refractivity contribution is 6.31. The average Bonchev–Trinajstić information content (AvgIpc) is 2.16. The first-order valence-corrected chi connectivity index (χ1v) is 4.35. The van der Waals surface area contributed by atoms with Crippen molar-refractivity contribution in [3.63, 3.8) is 0 Å². The molecule has 1 aromatic carbocycles. The molecule has 1 rings (SSSR count). The predicted molar refractivity (Wildman–Crippen MR) is 52.4 cm³/mol. The molecule has 0 aliphatic rings. The number of ketones is 1. The zero-order valence-electron chi connectivity index (χ0n) is 7.44. The number of nitro benzene ring substituents is 1. The van der Waals surface area contributed by atoms with Gasteiger partial charge in [0.15, 0.2) is 5.78 Å². The maximum Gasteiger partial charge on any atom is 0.274 e. The van der Waals surface area contributed by atoms with E-state index in [1.54, 1.807) is 6.07 Å². The number of rotatable bonds is 3. The van der Waals surface area contributed by atoms with Gasteiger partial charge in [0.1, 0.15) is 5.38 Å². The van der Waals surface area contributed by atoms with Crippen molar-refractivity contribution >= 4 is 23.1 Å². The second-order valence-electron chi connectivity index (χ2n) is 2.79. The van der Waals surface area contributed by atoms with Crippen molar-refractivity contribution in [2.75, 3.05) is 0 Å². The fraction of sp³-hybridized carbons (Fsp3) is 0.222. The molecule has 0 aliphatic heterocycles. The number of hydrogen-bond donors (Lipinski definition) is 0. The Morgan fingerprint density at radius 3 is 2.57 bits per heavy atom. The highest BCUT2D eigenvalue weighted by atomic mass is 35.5. The predicted octanol–water partition coefficient (Wildman–Crippen LogP) is 2.46. The summed E-state index contributed by atoms with van der Waals surface area (Å²) in [5.74, 6) is -0.305. The molecule has 0 saturated carbocycles. The van der Waals surface area contributed by atoms with E-state index in [1.165, 1.54) is 25.1 Å². The van der Waals surface area contributed by atoms with Gasteiger partial charge in [0.05, 0.1) is 10.5 Å². The SMILES string of the molecule is CC(=O)C(Cl)c1ccccc1[N+](=O)[O-]. The van der Waals surface area contributed by atoms with Crippen LogP contribution in [0.25, 0.3) is 0 Å². The van der Waals surface area contributed by atoms with Gasteiger partial charge in [0, 0.05) is 6.07 Å². The standard InChI is InChI=1S/C9H8ClNO3/c1-6(12)9(10)7-4-2-3-5-8(7)11(13)14/h2-5,9H,1H3. The molecule has 1 unspecified atom stereocenters. The molecule has 1 atom stereocenters. The van der Waals surface area contributed by atoms with Crippen LogP contribution in [-0.4, -0.2) is 10.7 Å². The quantitative estimate of drug-likeness (QED) is 0.440. The lowest BCUT2D eigenvalue weighted by Gasteiger charge is -2.05. The van der Waals surface area contributed by atoms with Crippen LogP contribution in [0.4, 0.5) is 5.69 Å². The van der Waals surface area contributed by atoms with E-state index in [4.69, 9.17) is 11.6 Å². The van der Waals surface area contributed by atoms with Gasteiger partial charge in [-0.2, -0.15) is 0 Å². The van der Waals surface area contributed by atoms with Crippen molar-refractivity contribution < 1.29 is 9.72 Å². The summed E-state index contributed by atoms with van der Waals surface area (Å²) in [5.41, 5.74) is 0.120. The average molecular weight is 214 g/mol. The van der Waals surface area contributed by atoms with Crippen molar-refractivity contribution in [2.45, 2.75) is 12.3 Å². The second-order valence-corrected chi connectivity index (χ2v) is 3.23. The number of carbonyl (C=O) groups excluding carboxylic acids is 1. The Bertz CT molecular complexity index is 378. The monoisotopic (exact) mass is 213 g/mol. The third kappa shape index (κ3) is 2.09. The smallest absolute Gasteiger partial charge is 0.274 e. The van der Waals surface area contributed by atoms with Gasteiger partial charge in [-0.15, -0.1) is 11.6 Å². The number of para-hydroxylation sites is 1. The fourth-order valence-corrected chi connectivity index (χ4v) is 1.27. The summed E-state index contributed by atoms with van der Waals surface area (Å²) in [7, 11) is 0. The topological polar surface area (TPSA) is 60.2 Å². The molecule has 0 saturated heterocycles. The number of carbonyl (C=O) groups is 1. The van der Waals surface area contributed by atoms with Gasteiger partial charge < -0.3 is 0 Å². The minimum Gasteiger partial charge on any atom is -0.298 e. The molecule has 0 fully saturated rings. The third-order valence-corrected chi connectivity index (χ3v) is 2.31. The Morgan fingerprint density at radius 1 is 1.50 bits per heavy atom. The Morgan fingerprint density at radius 2 is 2.07 bits per heavy atom. The Labute approximate surface area is 85.6 Å². The minimum absolute atomic E-state index is 0.122. The maximum atomic E-state index is 11.0. The van der Waals surface area contributed by atoms with Crippen molar-refractivity contribution in [3.8, 4) is 0 Å². The van der Waals surface area contributed by atoms with E-state index in [2.05, 4.69) is 0 Å². The van der Waals surface area contributed by atoms with Crippen LogP contribution in [0.3, 0.4) is 0 Å². The first-order valence-electron chi connectivity index (χ1n) is 3.92. The van der Waals surface area contributed by atoms with Crippen molar-refractivity contribution in [1.29, 1.82) is 0 Å². The number of Topliss-reactive ketones (excluding diaryl/α,β-unsaturated/α-hetero) is 1. The maximum absolute atomic E-state index is 11.0. The van der Waals surface area contributed by atoms with Crippen LogP contribution in [-0.2, 0) is 4.79 Å². The lowest BCUT2D eigenvalue weighted by molar-refractivity contribution is -0.385. The molecule has 0 heterocycles. The van der Waals surface area contributed by atoms with Crippen LogP contribution < -0.4 is 0 Å². The molecule has 0 bridgehead atoms. The van der Waals surface area contributed by atoms with E-state index in [0.29, 0.717) is 0 Å². The van der Waals surface area contributed by atoms with Gasteiger partial charge in [-0.25, -0.2) is 0 Å². The van der Waals surface area contributed by atoms with E-state index in [9.17, 15) is 14.9 Å². The van der Waals surface area contributed by atoms with Crippen LogP contribution >= 0.6 is 11.6 Å². The lowest BCUT2D eigenvalue weighted by Crippen LogP contribution is -2.04. The zero-order valence-corrected chi connectivity index (χ0v) is 8.19. The van der Waals surface area contributed by atoms with Crippen LogP contribution in [0.15, 0.2) is 24.3 Å². The van der Waals surface area contributed by atoms with Gasteiger partial charge in [-0.1, -0.05) is 18.2 Å². The summed E-state index contributed by atoms with van der Waals surface area (Å²) in [6.45, 7) is 1.30. The molecule has 0 aromatic heterocycles. The van der Waals surface area contributed by atoms with E-state index in [1.807, 2.05) is 0 Å². The molecule has 1 aromatic rings. The van der Waals surface area contributed by atoms with Crippen LogP contribution in [0.2, 0.25) is 0 Å². The Balaban J connectivity index is 3.19. The lowest BCUT2D eigenvalue weighted by atomic mass is 10.1. The molecule has 5 heteroatoms. The summed E-state index contributed by atoms with van der Waals surface area (Å²) < 4.78 is 0. The van der Waals surface area contributed by atoms with Crippen molar-refractivity contribution in [3.05, 3.63) is 39.9 Å². The molecule has 0 radical (unpaired) electrons. The molecule has 74 valence electrons. The summed E-state index contributed by atoms with van der Waals surface area (Å²) in [6, 6.07) is 5.96. The van der Waals surface area contributed by atoms with Crippen molar-refractivity contribution in [1.82, 2.24) is 0 Å². The number of benzene rings is 1. The van der Waals surface area contributed by atoms with Crippen molar-refractivity contribution in [2.24, 2.45) is 0 Å². The van der Waals surface area contributed by atoms with Gasteiger partial charge >= 0.3 is 0 Å². The Kier molecular flexibility index (Phi) is 3.19. The first kappa shape index (κ1) is 10.7. The largest absolute Gasteiger partial charge is 0.298 e. The molecular formula is C9H8ClNO3. The van der Waals surface area contributed by atoms with E-state index >= 15 is 0 Å². The van der Waals surface area contributed by atoms with Gasteiger partial charge in [-0.05, 0) is 6.92 Å². The summed E-state index contributed by atoms with van der Waals surface area (Å²) in [6.07, 6.45) is 0. The van der Waals surface area contributed by atoms with Gasteiger partial charge in [0.25, 0.3) is 5.69 Å². The number of halogens is 1. The van der Waals surface area contributed by atoms with Gasteiger partial charge in [-0.3, -0.25) is 14.9 Å². The molecule has 0 spiro atoms. The van der Waals surface area contributed by atoms with Crippen LogP contribution in [0.1, 0.15) is 17.9 Å². The molecule has 14 heavy (non-hydrogen) atoms. The number of nitrogens with zero attached hydrogens (tertiary/aromatic N) is 1. The third-order valence-electron chi connectivity index (χ3n) is 1.76. The van der Waals surface area contributed by atoms with E-state index in [0.717, 1.165) is 0 Å². The molecule has 0 N–H and O–H groups in total. The summed E-state index contributed by atoms with van der Waals surface area (Å²) in [5, 5.41) is 9.64. The molecule has 0 aliphatic carbocycles. The minimum atomic E-state index is -0.948. The Hall–Kier alpha value is -1.42. The van der Waals surface area contributed by atoms with E-state index in [-0.39, 0.29) is 17.0 Å². The molecular weight excluding hydrogens is 206 g/mol. The number of nitro groups is 1. The normalized spacial score (nSPS) is 12.1. The van der Waals surface area contributed by atoms with E-state index < -0.39 is 10.3 Å². The number of hydrogen-bond acceptors (Lipinski definition) is 3. The van der Waals surface area contributed by atoms with Crippen LogP contribution in [0, 0.1) is 10.1 Å². The molecule has 4 nitrogen and oxygen atoms in total. The summed E-state index contributed by atoms with van der Waals surface area (Å²) >= 11 is 5.74. The zero-order chi connectivity index (χ0) is 10.7. The van der Waals surface area contributed by atoms with Crippen LogP contribution in [0.5, 0.6) is 0 Å². The molecule has 0 amide bonds. The summed E-state index contributed by atoms with van der Waals surface area (Å²) in [4.78, 5) is 21.0.